The maximum absolute atomic E-state index is 10.3. The molecule has 2 heteroatoms. The van der Waals surface area contributed by atoms with Crippen molar-refractivity contribution in [1.29, 1.82) is 0 Å². The lowest BCUT2D eigenvalue weighted by Gasteiger charge is -1.99. The Kier molecular flexibility index (Phi) is 4.29. The standard InChI is InChI=1S/C8H12O2/c1-4-5-7(2)6-10-8(3)9/h4-5H,1,6H2,2-3H3/b7-5+. The van der Waals surface area contributed by atoms with E-state index in [-0.39, 0.29) is 5.97 Å². The lowest BCUT2D eigenvalue weighted by molar-refractivity contribution is -0.139. The third kappa shape index (κ3) is 5.09. The molecule has 0 aliphatic heterocycles. The summed E-state index contributed by atoms with van der Waals surface area (Å²) in [6, 6.07) is 0. The van der Waals surface area contributed by atoms with Gasteiger partial charge in [-0.2, -0.15) is 0 Å². The van der Waals surface area contributed by atoms with Crippen molar-refractivity contribution >= 4 is 5.97 Å². The minimum absolute atomic E-state index is 0.253. The summed E-state index contributed by atoms with van der Waals surface area (Å²) in [5, 5.41) is 0. The predicted molar refractivity (Wildman–Crippen MR) is 40.6 cm³/mol. The van der Waals surface area contributed by atoms with Crippen LogP contribution in [0.3, 0.4) is 0 Å². The molecule has 0 aliphatic rings. The summed E-state index contributed by atoms with van der Waals surface area (Å²) in [6.07, 6.45) is 3.47. The van der Waals surface area contributed by atoms with Crippen molar-refractivity contribution in [2.75, 3.05) is 6.61 Å². The second-order valence-electron chi connectivity index (χ2n) is 2.03. The van der Waals surface area contributed by atoms with Gasteiger partial charge in [0.05, 0.1) is 0 Å². The normalized spacial score (nSPS) is 10.8. The van der Waals surface area contributed by atoms with Crippen molar-refractivity contribution in [2.24, 2.45) is 0 Å². The number of rotatable bonds is 3. The number of allylic oxidation sites excluding steroid dienone is 2. The number of esters is 1. The Morgan fingerprint density at radius 3 is 2.60 bits per heavy atom. The summed E-state index contributed by atoms with van der Waals surface area (Å²) in [6.45, 7) is 7.14. The lowest BCUT2D eigenvalue weighted by atomic mass is 10.3. The highest BCUT2D eigenvalue weighted by Gasteiger charge is 1.91. The van der Waals surface area contributed by atoms with Gasteiger partial charge in [0.15, 0.2) is 0 Å². The largest absolute Gasteiger partial charge is 0.461 e. The Morgan fingerprint density at radius 2 is 2.20 bits per heavy atom. The first kappa shape index (κ1) is 8.95. The van der Waals surface area contributed by atoms with Gasteiger partial charge >= 0.3 is 5.97 Å². The van der Waals surface area contributed by atoms with Crippen LogP contribution in [0.1, 0.15) is 13.8 Å². The molecule has 0 aromatic rings. The molecule has 0 aliphatic carbocycles. The third-order valence-corrected chi connectivity index (χ3v) is 0.905. The van der Waals surface area contributed by atoms with E-state index < -0.39 is 0 Å². The Balaban J connectivity index is 3.58. The Hall–Kier alpha value is -1.05. The van der Waals surface area contributed by atoms with E-state index in [0.29, 0.717) is 6.61 Å². The molecule has 0 unspecified atom stereocenters. The van der Waals surface area contributed by atoms with Crippen LogP contribution in [0.2, 0.25) is 0 Å². The molecular weight excluding hydrogens is 128 g/mol. The molecule has 56 valence electrons. The highest BCUT2D eigenvalue weighted by molar-refractivity contribution is 5.66. The van der Waals surface area contributed by atoms with E-state index in [1.807, 2.05) is 13.0 Å². The van der Waals surface area contributed by atoms with Crippen LogP contribution < -0.4 is 0 Å². The maximum atomic E-state index is 10.3. The van der Waals surface area contributed by atoms with Crippen LogP contribution in [0, 0.1) is 0 Å². The average molecular weight is 140 g/mol. The topological polar surface area (TPSA) is 26.3 Å². The van der Waals surface area contributed by atoms with Crippen molar-refractivity contribution in [2.45, 2.75) is 13.8 Å². The van der Waals surface area contributed by atoms with Crippen LogP contribution in [0.4, 0.5) is 0 Å². The van der Waals surface area contributed by atoms with Gasteiger partial charge < -0.3 is 4.74 Å². The van der Waals surface area contributed by atoms with Crippen molar-refractivity contribution in [3.8, 4) is 0 Å². The quantitative estimate of drug-likeness (QED) is 0.440. The minimum Gasteiger partial charge on any atom is -0.461 e. The molecule has 0 fully saturated rings. The van der Waals surface area contributed by atoms with Gasteiger partial charge in [-0.25, -0.2) is 0 Å². The number of hydrogen-bond donors (Lipinski definition) is 0. The average Bonchev–Trinajstić information content (AvgIpc) is 1.85. The lowest BCUT2D eigenvalue weighted by Crippen LogP contribution is -2.00. The fraction of sp³-hybridized carbons (Fsp3) is 0.375. The first-order valence-corrected chi connectivity index (χ1v) is 3.08. The van der Waals surface area contributed by atoms with E-state index >= 15 is 0 Å². The van der Waals surface area contributed by atoms with Gasteiger partial charge in [-0.05, 0) is 12.5 Å². The minimum atomic E-state index is -0.253. The van der Waals surface area contributed by atoms with Crippen molar-refractivity contribution in [3.63, 3.8) is 0 Å². The highest BCUT2D eigenvalue weighted by atomic mass is 16.5. The molecule has 2 nitrogen and oxygen atoms in total. The molecule has 0 rings (SSSR count). The summed E-state index contributed by atoms with van der Waals surface area (Å²) in [5.41, 5.74) is 0.991. The number of ether oxygens (including phenoxy) is 1. The first-order valence-electron chi connectivity index (χ1n) is 3.08. The number of hydrogen-bond acceptors (Lipinski definition) is 2. The number of carbonyl (C=O) groups excluding carboxylic acids is 1. The van der Waals surface area contributed by atoms with E-state index in [1.54, 1.807) is 6.08 Å². The summed E-state index contributed by atoms with van der Waals surface area (Å²) >= 11 is 0. The van der Waals surface area contributed by atoms with Crippen molar-refractivity contribution in [3.05, 3.63) is 24.3 Å². The molecule has 0 heterocycles. The van der Waals surface area contributed by atoms with Crippen LogP contribution in [0.15, 0.2) is 24.3 Å². The highest BCUT2D eigenvalue weighted by Crippen LogP contribution is 1.93. The third-order valence-electron chi connectivity index (χ3n) is 0.905. The van der Waals surface area contributed by atoms with Gasteiger partial charge in [-0.15, -0.1) is 0 Å². The van der Waals surface area contributed by atoms with Gasteiger partial charge in [-0.1, -0.05) is 18.7 Å². The molecule has 0 saturated carbocycles. The van der Waals surface area contributed by atoms with Crippen LogP contribution in [-0.4, -0.2) is 12.6 Å². The molecule has 0 radical (unpaired) electrons. The molecular formula is C8H12O2. The SMILES string of the molecule is C=C/C=C(\C)COC(C)=O. The Labute approximate surface area is 61.2 Å². The Bertz CT molecular complexity index is 157. The molecule has 0 saturated heterocycles. The van der Waals surface area contributed by atoms with Gasteiger partial charge in [0.1, 0.15) is 6.61 Å². The van der Waals surface area contributed by atoms with Crippen LogP contribution in [0.25, 0.3) is 0 Å². The monoisotopic (exact) mass is 140 g/mol. The second kappa shape index (κ2) is 4.79. The smallest absolute Gasteiger partial charge is 0.302 e. The van der Waals surface area contributed by atoms with Gasteiger partial charge in [0.2, 0.25) is 0 Å². The van der Waals surface area contributed by atoms with E-state index in [0.717, 1.165) is 5.57 Å². The van der Waals surface area contributed by atoms with Gasteiger partial charge in [0.25, 0.3) is 0 Å². The second-order valence-corrected chi connectivity index (χ2v) is 2.03. The first-order chi connectivity index (χ1) is 4.66. The number of carbonyl (C=O) groups is 1. The Morgan fingerprint density at radius 1 is 1.60 bits per heavy atom. The van der Waals surface area contributed by atoms with Gasteiger partial charge in [-0.3, -0.25) is 4.79 Å². The maximum Gasteiger partial charge on any atom is 0.302 e. The molecule has 0 atom stereocenters. The van der Waals surface area contributed by atoms with Gasteiger partial charge in [0, 0.05) is 6.92 Å². The van der Waals surface area contributed by atoms with Crippen LogP contribution >= 0.6 is 0 Å². The summed E-state index contributed by atoms with van der Waals surface area (Å²) < 4.78 is 4.70. The predicted octanol–water partition coefficient (Wildman–Crippen LogP) is 1.68. The molecule has 0 N–H and O–H groups in total. The zero-order valence-electron chi connectivity index (χ0n) is 6.39. The molecule has 0 bridgehead atoms. The van der Waals surface area contributed by atoms with E-state index in [1.165, 1.54) is 6.92 Å². The molecule has 0 amide bonds. The fourth-order valence-electron chi connectivity index (χ4n) is 0.465. The van der Waals surface area contributed by atoms with E-state index in [9.17, 15) is 4.79 Å². The zero-order valence-corrected chi connectivity index (χ0v) is 6.39. The van der Waals surface area contributed by atoms with Crippen LogP contribution in [-0.2, 0) is 9.53 Å². The summed E-state index contributed by atoms with van der Waals surface area (Å²) in [5.74, 6) is -0.253. The summed E-state index contributed by atoms with van der Waals surface area (Å²) in [7, 11) is 0. The summed E-state index contributed by atoms with van der Waals surface area (Å²) in [4.78, 5) is 10.3. The van der Waals surface area contributed by atoms with E-state index in [2.05, 4.69) is 6.58 Å². The van der Waals surface area contributed by atoms with Crippen LogP contribution in [0.5, 0.6) is 0 Å². The van der Waals surface area contributed by atoms with Crippen molar-refractivity contribution in [1.82, 2.24) is 0 Å². The zero-order chi connectivity index (χ0) is 7.98. The molecule has 10 heavy (non-hydrogen) atoms. The van der Waals surface area contributed by atoms with Crippen molar-refractivity contribution < 1.29 is 9.53 Å². The fourth-order valence-corrected chi connectivity index (χ4v) is 0.465. The van der Waals surface area contributed by atoms with E-state index in [4.69, 9.17) is 4.74 Å². The molecule has 0 aromatic carbocycles. The molecule has 0 aromatic heterocycles. The molecule has 0 spiro atoms.